The van der Waals surface area contributed by atoms with Crippen molar-refractivity contribution in [3.8, 4) is 11.8 Å². The highest BCUT2D eigenvalue weighted by atomic mass is 19.4. The van der Waals surface area contributed by atoms with E-state index in [1.54, 1.807) is 11.5 Å². The molecule has 0 radical (unpaired) electrons. The first kappa shape index (κ1) is 26.3. The molecule has 1 atom stereocenters. The Morgan fingerprint density at radius 2 is 1.85 bits per heavy atom. The Hall–Kier alpha value is -2.98. The summed E-state index contributed by atoms with van der Waals surface area (Å²) < 4.78 is 33.4. The van der Waals surface area contributed by atoms with E-state index in [0.29, 0.717) is 24.6 Å². The molecule has 1 unspecified atom stereocenters. The van der Waals surface area contributed by atoms with E-state index >= 15 is 0 Å². The molecule has 1 saturated heterocycles. The molecule has 10 nitrogen and oxygen atoms in total. The molecule has 0 amide bonds. The van der Waals surface area contributed by atoms with E-state index in [-0.39, 0.29) is 17.5 Å². The number of unbranched alkanes of at least 4 members (excludes halogenated alkanes) is 1. The number of nitrogens with one attached hydrogen (secondary N) is 2. The minimum atomic E-state index is -5.08. The number of aliphatic carboxylic acids is 1. The molecule has 1 aromatic heterocycles. The number of aromatic nitrogens is 2. The number of fused-ring (bicyclic) bond motifs is 1. The summed E-state index contributed by atoms with van der Waals surface area (Å²) in [6, 6.07) is 0. The molecule has 1 fully saturated rings. The lowest BCUT2D eigenvalue weighted by Crippen LogP contribution is -2.59. The van der Waals surface area contributed by atoms with E-state index in [4.69, 9.17) is 9.90 Å². The maximum atomic E-state index is 12.7. The Balaban J connectivity index is 0.000000479. The zero-order chi connectivity index (χ0) is 24.8. The molecule has 0 aromatic carbocycles. The largest absolute Gasteiger partial charge is 0.490 e. The second-order valence-corrected chi connectivity index (χ2v) is 7.54. The number of piperazine rings is 1. The normalized spacial score (nSPS) is 18.2. The smallest absolute Gasteiger partial charge is 0.475 e. The Labute approximate surface area is 189 Å². The van der Waals surface area contributed by atoms with Gasteiger partial charge >= 0.3 is 17.8 Å². The van der Waals surface area contributed by atoms with Crippen LogP contribution in [0, 0.1) is 11.8 Å². The zero-order valence-corrected chi connectivity index (χ0v) is 18.8. The van der Waals surface area contributed by atoms with Crippen molar-refractivity contribution in [1.82, 2.24) is 19.8 Å². The van der Waals surface area contributed by atoms with Crippen LogP contribution in [0.25, 0.3) is 0 Å². The first-order chi connectivity index (χ1) is 15.5. The van der Waals surface area contributed by atoms with Gasteiger partial charge in [0.05, 0.1) is 6.54 Å². The summed E-state index contributed by atoms with van der Waals surface area (Å²) in [5.74, 6) is 3.96. The zero-order valence-electron chi connectivity index (χ0n) is 18.8. The van der Waals surface area contributed by atoms with Crippen LogP contribution in [0.5, 0.6) is 0 Å². The number of nitrogens with zero attached hydrogens (tertiary/aromatic N) is 4. The Kier molecular flexibility index (Phi) is 8.95. The monoisotopic (exact) mass is 474 g/mol. The maximum absolute atomic E-state index is 12.7. The van der Waals surface area contributed by atoms with Crippen LogP contribution in [0.15, 0.2) is 9.59 Å². The van der Waals surface area contributed by atoms with Crippen molar-refractivity contribution < 1.29 is 23.1 Å². The minimum absolute atomic E-state index is 0.108. The van der Waals surface area contributed by atoms with Crippen molar-refractivity contribution in [2.24, 2.45) is 0 Å². The predicted molar refractivity (Wildman–Crippen MR) is 117 cm³/mol. The van der Waals surface area contributed by atoms with Crippen molar-refractivity contribution >= 4 is 17.5 Å². The molecule has 3 N–H and O–H groups in total. The molecule has 0 spiro atoms. The summed E-state index contributed by atoms with van der Waals surface area (Å²) >= 11 is 0. The van der Waals surface area contributed by atoms with Crippen molar-refractivity contribution in [3.63, 3.8) is 0 Å². The highest BCUT2D eigenvalue weighted by Gasteiger charge is 2.42. The topological polar surface area (TPSA) is 114 Å². The molecule has 3 rings (SSSR count). The predicted octanol–water partition coefficient (Wildman–Crippen LogP) is 0.438. The first-order valence-electron chi connectivity index (χ1n) is 10.6. The van der Waals surface area contributed by atoms with Crippen molar-refractivity contribution in [2.75, 3.05) is 49.6 Å². The first-order valence-corrected chi connectivity index (χ1v) is 10.6. The number of hydrogen-bond donors (Lipinski definition) is 3. The highest BCUT2D eigenvalue weighted by Crippen LogP contribution is 2.36. The number of hydrogen-bond acceptors (Lipinski definition) is 7. The van der Waals surface area contributed by atoms with Gasteiger partial charge in [-0.05, 0) is 13.3 Å². The molecule has 0 aliphatic carbocycles. The van der Waals surface area contributed by atoms with Crippen molar-refractivity contribution in [2.45, 2.75) is 45.7 Å². The van der Waals surface area contributed by atoms with Gasteiger partial charge in [-0.15, -0.1) is 5.92 Å². The Bertz CT molecular complexity index is 1000. The fourth-order valence-electron chi connectivity index (χ4n) is 3.80. The molecule has 184 valence electrons. The van der Waals surface area contributed by atoms with Gasteiger partial charge in [0.2, 0.25) is 0 Å². The summed E-state index contributed by atoms with van der Waals surface area (Å²) in [7, 11) is 1.96. The number of carboxylic acid groups (broad SMARTS) is 1. The van der Waals surface area contributed by atoms with Gasteiger partial charge in [-0.1, -0.05) is 19.3 Å². The molecule has 2 aliphatic heterocycles. The lowest BCUT2D eigenvalue weighted by molar-refractivity contribution is -0.192. The van der Waals surface area contributed by atoms with Crippen LogP contribution in [0.4, 0.5) is 24.7 Å². The third-order valence-electron chi connectivity index (χ3n) is 5.28. The van der Waals surface area contributed by atoms with Gasteiger partial charge in [0.1, 0.15) is 11.5 Å². The number of alkyl halides is 3. The third kappa shape index (κ3) is 6.08. The van der Waals surface area contributed by atoms with Crippen LogP contribution in [0.2, 0.25) is 0 Å². The summed E-state index contributed by atoms with van der Waals surface area (Å²) in [6.07, 6.45) is -3.32. The average molecular weight is 474 g/mol. The van der Waals surface area contributed by atoms with E-state index in [9.17, 15) is 22.8 Å². The van der Waals surface area contributed by atoms with E-state index in [1.807, 2.05) is 11.9 Å². The number of halogens is 3. The second kappa shape index (κ2) is 11.2. The standard InChI is InChI=1S/C18H28N6O2.C2HF3O2/c1-4-6-10-23-14-15(25)20-17(26)24(11-7-5-2)16(14)21(3)18(23)22-12-8-19-9-13-22;3-2(4,5)1(6)7/h18-19H,5,7-13H2,1-3H3,(H,20,25,26);(H,6,7). The van der Waals surface area contributed by atoms with Crippen molar-refractivity contribution in [3.05, 3.63) is 20.8 Å². The van der Waals surface area contributed by atoms with Gasteiger partial charge in [-0.2, -0.15) is 13.2 Å². The van der Waals surface area contributed by atoms with E-state index in [1.165, 1.54) is 0 Å². The molecule has 2 aliphatic rings. The Morgan fingerprint density at radius 1 is 1.24 bits per heavy atom. The average Bonchev–Trinajstić information content (AvgIpc) is 3.05. The highest BCUT2D eigenvalue weighted by molar-refractivity contribution is 5.73. The number of carboxylic acids is 1. The number of carbonyl (C=O) groups is 1. The fraction of sp³-hybridized carbons (Fsp3) is 0.650. The lowest BCUT2D eigenvalue weighted by Gasteiger charge is -2.40. The van der Waals surface area contributed by atoms with Crippen LogP contribution in [0.3, 0.4) is 0 Å². The lowest BCUT2D eigenvalue weighted by atomic mass is 10.3. The second-order valence-electron chi connectivity index (χ2n) is 7.54. The molecule has 0 saturated carbocycles. The number of H-pyrrole nitrogens is 1. The SMILES string of the molecule is CC#CCN1c2c(n(CCCC)c(=O)[nH]c2=O)N(C)C1N1CCNCC1.O=C(O)C(F)(F)F. The molecule has 33 heavy (non-hydrogen) atoms. The van der Waals surface area contributed by atoms with Crippen molar-refractivity contribution in [1.29, 1.82) is 0 Å². The van der Waals surface area contributed by atoms with Crippen LogP contribution in [-0.2, 0) is 11.3 Å². The van der Waals surface area contributed by atoms with E-state index in [2.05, 4.69) is 38.9 Å². The summed E-state index contributed by atoms with van der Waals surface area (Å²) in [6.45, 7) is 8.53. The van der Waals surface area contributed by atoms with Crippen LogP contribution in [-0.4, -0.2) is 77.8 Å². The Morgan fingerprint density at radius 3 is 2.36 bits per heavy atom. The summed E-state index contributed by atoms with van der Waals surface area (Å²) in [5, 5.41) is 10.5. The fourth-order valence-corrected chi connectivity index (χ4v) is 3.80. The quantitative estimate of drug-likeness (QED) is 0.527. The maximum Gasteiger partial charge on any atom is 0.490 e. The molecular formula is C20H29F3N6O4. The van der Waals surface area contributed by atoms with Gasteiger partial charge < -0.3 is 20.2 Å². The van der Waals surface area contributed by atoms with Gasteiger partial charge in [0, 0.05) is 39.8 Å². The van der Waals surface area contributed by atoms with Gasteiger partial charge in [0.25, 0.3) is 5.56 Å². The van der Waals surface area contributed by atoms with Crippen LogP contribution in [0.1, 0.15) is 26.7 Å². The molecule has 0 bridgehead atoms. The summed E-state index contributed by atoms with van der Waals surface area (Å²) in [5.41, 5.74) is -0.119. The van der Waals surface area contributed by atoms with Gasteiger partial charge in [-0.25, -0.2) is 9.59 Å². The van der Waals surface area contributed by atoms with E-state index < -0.39 is 12.1 Å². The number of anilines is 2. The van der Waals surface area contributed by atoms with Gasteiger partial charge in [0.15, 0.2) is 6.29 Å². The van der Waals surface area contributed by atoms with Crippen LogP contribution < -0.4 is 26.4 Å². The van der Waals surface area contributed by atoms with Crippen LogP contribution >= 0.6 is 0 Å². The van der Waals surface area contributed by atoms with E-state index in [0.717, 1.165) is 39.0 Å². The molecule has 3 heterocycles. The molecule has 13 heteroatoms. The number of aromatic amines is 1. The minimum Gasteiger partial charge on any atom is -0.475 e. The third-order valence-corrected chi connectivity index (χ3v) is 5.28. The van der Waals surface area contributed by atoms with Gasteiger partial charge in [-0.3, -0.25) is 19.2 Å². The molecular weight excluding hydrogens is 445 g/mol. The summed E-state index contributed by atoms with van der Waals surface area (Å²) in [4.78, 5) is 43.0. The number of rotatable bonds is 5. The molecule has 1 aromatic rings.